The number of ketones is 2. The van der Waals surface area contributed by atoms with Gasteiger partial charge in [0.1, 0.15) is 47.1 Å². The Bertz CT molecular complexity index is 3210. The number of hydrogen-bond acceptors (Lipinski definition) is 11. The quantitative estimate of drug-likeness (QED) is 0.0908. The smallest absolute Gasteiger partial charge is 0.167 e. The van der Waals surface area contributed by atoms with Gasteiger partial charge in [0.2, 0.25) is 0 Å². The highest BCUT2D eigenvalue weighted by molar-refractivity contribution is 6.32. The molecule has 3 aliphatic rings. The lowest BCUT2D eigenvalue weighted by molar-refractivity contribution is 0.0894. The Labute approximate surface area is 491 Å². The van der Waals surface area contributed by atoms with Crippen LogP contribution in [0.2, 0.25) is 15.1 Å². The molecule has 3 aromatic heterocycles. The Hall–Kier alpha value is -6.82. The lowest BCUT2D eigenvalue weighted by atomic mass is 9.83. The van der Waals surface area contributed by atoms with Crippen molar-refractivity contribution in [2.45, 2.75) is 173 Å². The van der Waals surface area contributed by atoms with Crippen molar-refractivity contribution in [3.63, 3.8) is 0 Å². The molecule has 3 fully saturated rings. The van der Waals surface area contributed by atoms with Gasteiger partial charge in [0.25, 0.3) is 0 Å². The van der Waals surface area contributed by atoms with Gasteiger partial charge < -0.3 is 19.2 Å². The molecular weight excluding hydrogens is 1080 g/mol. The van der Waals surface area contributed by atoms with Gasteiger partial charge in [0, 0.05) is 84.1 Å². The number of imidazole rings is 1. The number of rotatable bonds is 16. The number of halogens is 4. The number of nitrogens with zero attached hydrogens (tertiary/aromatic N) is 6. The molecule has 3 aromatic carbocycles. The van der Waals surface area contributed by atoms with Crippen molar-refractivity contribution in [2.24, 2.45) is 11.8 Å². The Kier molecular flexibility index (Phi) is 22.7. The predicted molar refractivity (Wildman–Crippen MR) is 314 cm³/mol. The van der Waals surface area contributed by atoms with Crippen LogP contribution in [0, 0.1) is 51.6 Å². The summed E-state index contributed by atoms with van der Waals surface area (Å²) >= 11 is 18.2. The summed E-state index contributed by atoms with van der Waals surface area (Å²) in [6, 6.07) is 26.8. The van der Waals surface area contributed by atoms with Crippen molar-refractivity contribution < 1.29 is 28.2 Å². The molecule has 0 unspecified atom stereocenters. The van der Waals surface area contributed by atoms with Crippen molar-refractivity contribution >= 4 is 46.4 Å². The number of aromatic nitrogens is 4. The molecule has 3 saturated carbocycles. The van der Waals surface area contributed by atoms with Crippen molar-refractivity contribution in [3.8, 4) is 35.5 Å². The van der Waals surface area contributed by atoms with E-state index < -0.39 is 5.82 Å². The first-order chi connectivity index (χ1) is 38.9. The third-order valence-electron chi connectivity index (χ3n) is 15.4. The zero-order valence-electron chi connectivity index (χ0n) is 47.0. The summed E-state index contributed by atoms with van der Waals surface area (Å²) in [5.41, 5.74) is 5.05. The standard InChI is InChI=1S/C23H24ClFN2O2.C23H25ClN2O2.C19H22ClN3O/c1-14(2)22-11-21(25)19(13-27-22)23(28)9-15-3-6-17(7-4-15)29-18-8-5-16(12-26)20(24)10-18;1-15(2)22-10-6-18(14-26-22)23(27)11-16-3-7-19(8-4-16)28-20-9-5-17(13-25)21(24)12-20;1-12(2)19-22-11-18(23-19)13-3-6-15(7-4-13)24-16-8-5-14(10-21)17(20)9-16/h5,8,10-11,13-15,17H,3-4,6-7,9H2,1-2H3;5-6,9-10,12,14-16,19H,3-4,7-8,11H2,1-2H3;5,8-9,11-13,15H,3-4,6-7H2,1-2H3,(H,22,23). The van der Waals surface area contributed by atoms with Crippen LogP contribution in [0.4, 0.5) is 4.39 Å². The first kappa shape index (κ1) is 61.8. The third-order valence-corrected chi connectivity index (χ3v) is 16.3. The molecule has 0 atom stereocenters. The Morgan fingerprint density at radius 3 is 1.35 bits per heavy atom. The fraction of sp³-hybridized carbons (Fsp3) is 0.446. The second kappa shape index (κ2) is 29.8. The molecule has 81 heavy (non-hydrogen) atoms. The minimum absolute atomic E-state index is 0.0501. The van der Waals surface area contributed by atoms with E-state index in [-0.39, 0.29) is 47.3 Å². The zero-order chi connectivity index (χ0) is 58.2. The molecule has 0 radical (unpaired) electrons. The highest BCUT2D eigenvalue weighted by atomic mass is 35.5. The zero-order valence-corrected chi connectivity index (χ0v) is 49.3. The van der Waals surface area contributed by atoms with Gasteiger partial charge in [-0.05, 0) is 155 Å². The minimum atomic E-state index is -0.483. The maximum atomic E-state index is 14.3. The van der Waals surface area contributed by atoms with Crippen LogP contribution in [-0.2, 0) is 0 Å². The molecule has 16 heteroatoms. The second-order valence-electron chi connectivity index (χ2n) is 22.4. The van der Waals surface area contributed by atoms with Gasteiger partial charge in [0.05, 0.1) is 55.6 Å². The van der Waals surface area contributed by atoms with Crippen molar-refractivity contribution in [2.75, 3.05) is 0 Å². The Morgan fingerprint density at radius 2 is 0.975 bits per heavy atom. The molecule has 3 heterocycles. The molecule has 9 rings (SSSR count). The molecule has 6 aromatic rings. The molecule has 0 spiro atoms. The van der Waals surface area contributed by atoms with E-state index in [1.54, 1.807) is 54.7 Å². The van der Waals surface area contributed by atoms with E-state index in [4.69, 9.17) is 64.8 Å². The molecule has 0 aliphatic heterocycles. The van der Waals surface area contributed by atoms with Gasteiger partial charge in [-0.15, -0.1) is 0 Å². The second-order valence-corrected chi connectivity index (χ2v) is 23.6. The van der Waals surface area contributed by atoms with Crippen LogP contribution < -0.4 is 14.2 Å². The fourth-order valence-electron chi connectivity index (χ4n) is 10.4. The molecule has 1 N–H and O–H groups in total. The molecule has 0 amide bonds. The normalized spacial score (nSPS) is 19.6. The van der Waals surface area contributed by atoms with Crippen LogP contribution >= 0.6 is 34.8 Å². The summed E-state index contributed by atoms with van der Waals surface area (Å²) in [5, 5.41) is 28.0. The van der Waals surface area contributed by atoms with Crippen LogP contribution in [0.1, 0.15) is 215 Å². The van der Waals surface area contributed by atoms with Crippen LogP contribution in [0.3, 0.4) is 0 Å². The van der Waals surface area contributed by atoms with E-state index in [2.05, 4.69) is 53.7 Å². The monoisotopic (exact) mass is 1150 g/mol. The fourth-order valence-corrected chi connectivity index (χ4v) is 11.1. The van der Waals surface area contributed by atoms with E-state index in [0.717, 1.165) is 94.3 Å². The van der Waals surface area contributed by atoms with Gasteiger partial charge in [-0.25, -0.2) is 9.37 Å². The van der Waals surface area contributed by atoms with Crippen molar-refractivity contribution in [3.05, 3.63) is 163 Å². The molecular formula is C65H71Cl3FN7O5. The lowest BCUT2D eigenvalue weighted by Crippen LogP contribution is -2.25. The predicted octanol–water partition coefficient (Wildman–Crippen LogP) is 17.2. The summed E-state index contributed by atoms with van der Waals surface area (Å²) in [4.78, 5) is 41.6. The van der Waals surface area contributed by atoms with Gasteiger partial charge in [0.15, 0.2) is 11.6 Å². The number of aromatic amines is 1. The number of hydrogen-bond donors (Lipinski definition) is 1. The van der Waals surface area contributed by atoms with Crippen molar-refractivity contribution in [1.82, 2.24) is 19.9 Å². The Morgan fingerprint density at radius 1 is 0.543 bits per heavy atom. The molecule has 0 bridgehead atoms. The van der Waals surface area contributed by atoms with Gasteiger partial charge in [-0.1, -0.05) is 76.3 Å². The number of carbonyl (C=O) groups is 2. The molecule has 3 aliphatic carbocycles. The number of nitriles is 3. The number of pyridine rings is 2. The van der Waals surface area contributed by atoms with E-state index >= 15 is 0 Å². The topological polar surface area (TPSA) is 188 Å². The first-order valence-electron chi connectivity index (χ1n) is 28.2. The number of nitrogens with one attached hydrogen (secondary N) is 1. The number of benzene rings is 3. The SMILES string of the molecule is CC(C)c1cc(F)c(C(=O)CC2CCC(Oc3ccc(C#N)c(Cl)c3)CC2)cn1.CC(C)c1ccc(C(=O)CC2CCC(Oc3ccc(C#N)c(Cl)c3)CC2)cn1.CC(C)c1ncc(C2CCC(Oc3ccc(C#N)c(Cl)c3)CC2)[nH]1. The average Bonchev–Trinajstić information content (AvgIpc) is 3.96. The average molecular weight is 1160 g/mol. The van der Waals surface area contributed by atoms with Gasteiger partial charge in [-0.3, -0.25) is 19.6 Å². The minimum Gasteiger partial charge on any atom is -0.490 e. The molecule has 424 valence electrons. The number of carbonyl (C=O) groups excluding carboxylic acids is 2. The molecule has 12 nitrogen and oxygen atoms in total. The van der Waals surface area contributed by atoms with Crippen LogP contribution in [-0.4, -0.2) is 49.8 Å². The van der Waals surface area contributed by atoms with E-state index in [1.165, 1.54) is 18.0 Å². The van der Waals surface area contributed by atoms with Gasteiger partial charge in [-0.2, -0.15) is 15.8 Å². The number of ether oxygens (including phenoxy) is 3. The van der Waals surface area contributed by atoms with Crippen LogP contribution in [0.25, 0.3) is 0 Å². The summed E-state index contributed by atoms with van der Waals surface area (Å²) < 4.78 is 32.3. The summed E-state index contributed by atoms with van der Waals surface area (Å²) in [6.07, 6.45) is 17.7. The number of H-pyrrole nitrogens is 1. The first-order valence-corrected chi connectivity index (χ1v) is 29.3. The third kappa shape index (κ3) is 17.8. The summed E-state index contributed by atoms with van der Waals surface area (Å²) in [6.45, 7) is 12.4. The lowest BCUT2D eigenvalue weighted by Gasteiger charge is -2.28. The van der Waals surface area contributed by atoms with Gasteiger partial charge >= 0.3 is 0 Å². The summed E-state index contributed by atoms with van der Waals surface area (Å²) in [7, 11) is 0. The van der Waals surface area contributed by atoms with E-state index in [9.17, 15) is 14.0 Å². The van der Waals surface area contributed by atoms with E-state index in [0.29, 0.717) is 91.0 Å². The largest absolute Gasteiger partial charge is 0.490 e. The highest BCUT2D eigenvalue weighted by Crippen LogP contribution is 2.37. The maximum absolute atomic E-state index is 14.3. The van der Waals surface area contributed by atoms with Crippen LogP contribution in [0.5, 0.6) is 17.2 Å². The number of Topliss-reactive ketones (excluding diaryl/α,β-unsaturated/α-hetero) is 2. The summed E-state index contributed by atoms with van der Waals surface area (Å²) in [5.74, 6) is 4.71. The maximum Gasteiger partial charge on any atom is 0.167 e. The van der Waals surface area contributed by atoms with Crippen LogP contribution in [0.15, 0.2) is 91.4 Å². The highest BCUT2D eigenvalue weighted by Gasteiger charge is 2.29. The molecule has 0 saturated heterocycles. The van der Waals surface area contributed by atoms with Crippen molar-refractivity contribution in [1.29, 1.82) is 15.8 Å². The van der Waals surface area contributed by atoms with E-state index in [1.807, 2.05) is 50.4 Å². The Balaban J connectivity index is 0.000000176.